The average Bonchev–Trinajstić information content (AvgIpc) is 3.11. The summed E-state index contributed by atoms with van der Waals surface area (Å²) >= 11 is 0. The first-order chi connectivity index (χ1) is 14.3. The molecule has 2 aromatic heterocycles. The third-order valence-electron chi connectivity index (χ3n) is 5.42. The normalized spacial score (nSPS) is 16.8. The number of aromatic nitrogens is 2. The molecule has 0 spiro atoms. The van der Waals surface area contributed by atoms with E-state index in [4.69, 9.17) is 9.98 Å². The number of rotatable bonds is 8. The maximum absolute atomic E-state index is 11.4. The van der Waals surface area contributed by atoms with Gasteiger partial charge in [0.2, 0.25) is 0 Å². The van der Waals surface area contributed by atoms with Crippen LogP contribution in [-0.4, -0.2) is 79.4 Å². The average molecular weight is 435 g/mol. The Morgan fingerprint density at radius 1 is 1.33 bits per heavy atom. The topological polar surface area (TPSA) is 91.1 Å². The lowest BCUT2D eigenvalue weighted by Crippen LogP contribution is -2.49. The van der Waals surface area contributed by atoms with Crippen molar-refractivity contribution in [3.05, 3.63) is 35.8 Å². The summed E-state index contributed by atoms with van der Waals surface area (Å²) in [7, 11) is -2.90. The van der Waals surface area contributed by atoms with Crippen molar-refractivity contribution in [1.29, 1.82) is 0 Å². The number of imidazole rings is 1. The minimum atomic E-state index is -2.90. The molecular formula is C21H34N6O2S. The number of sulfone groups is 1. The summed E-state index contributed by atoms with van der Waals surface area (Å²) in [4.78, 5) is 11.7. The quantitative estimate of drug-likeness (QED) is 0.480. The minimum absolute atomic E-state index is 0.234. The Hall–Kier alpha value is -2.13. The SMILES string of the molecule is CCNC(=NCCc1cn2cccc(C)c2n1)NC1CCN(CCS(C)(=O)=O)CC1. The lowest BCUT2D eigenvalue weighted by molar-refractivity contribution is 0.216. The van der Waals surface area contributed by atoms with E-state index in [1.807, 2.05) is 12.3 Å². The maximum Gasteiger partial charge on any atom is 0.191 e. The van der Waals surface area contributed by atoms with Gasteiger partial charge in [0.15, 0.2) is 5.96 Å². The van der Waals surface area contributed by atoms with E-state index in [1.54, 1.807) is 0 Å². The van der Waals surface area contributed by atoms with E-state index in [-0.39, 0.29) is 5.75 Å². The van der Waals surface area contributed by atoms with E-state index in [1.165, 1.54) is 11.8 Å². The largest absolute Gasteiger partial charge is 0.357 e. The van der Waals surface area contributed by atoms with Crippen molar-refractivity contribution >= 4 is 21.4 Å². The number of nitrogens with zero attached hydrogens (tertiary/aromatic N) is 4. The van der Waals surface area contributed by atoms with Gasteiger partial charge in [0.05, 0.1) is 11.4 Å². The maximum atomic E-state index is 11.4. The Morgan fingerprint density at radius 2 is 2.10 bits per heavy atom. The Bertz CT molecular complexity index is 961. The van der Waals surface area contributed by atoms with Crippen LogP contribution in [0.15, 0.2) is 29.5 Å². The van der Waals surface area contributed by atoms with Gasteiger partial charge < -0.3 is 19.9 Å². The summed E-state index contributed by atoms with van der Waals surface area (Å²) in [6.07, 6.45) is 8.16. The highest BCUT2D eigenvalue weighted by Gasteiger charge is 2.20. The summed E-state index contributed by atoms with van der Waals surface area (Å²) in [5.74, 6) is 1.07. The molecule has 2 aromatic rings. The summed E-state index contributed by atoms with van der Waals surface area (Å²) in [6.45, 7) is 8.07. The monoisotopic (exact) mass is 434 g/mol. The molecule has 1 aliphatic rings. The second-order valence-electron chi connectivity index (χ2n) is 8.06. The molecule has 0 saturated carbocycles. The van der Waals surface area contributed by atoms with Crippen molar-refractivity contribution in [2.75, 3.05) is 44.7 Å². The van der Waals surface area contributed by atoms with Crippen LogP contribution in [0.5, 0.6) is 0 Å². The zero-order valence-electron chi connectivity index (χ0n) is 18.3. The molecule has 166 valence electrons. The van der Waals surface area contributed by atoms with Crippen molar-refractivity contribution in [3.8, 4) is 0 Å². The molecule has 0 atom stereocenters. The fourth-order valence-electron chi connectivity index (χ4n) is 3.72. The molecule has 0 aromatic carbocycles. The first-order valence-electron chi connectivity index (χ1n) is 10.7. The fourth-order valence-corrected chi connectivity index (χ4v) is 4.31. The molecule has 3 rings (SSSR count). The Kier molecular flexibility index (Phi) is 7.71. The summed E-state index contributed by atoms with van der Waals surface area (Å²) in [5.41, 5.74) is 3.22. The van der Waals surface area contributed by atoms with Crippen LogP contribution in [0, 0.1) is 6.92 Å². The molecule has 1 fully saturated rings. The van der Waals surface area contributed by atoms with Gasteiger partial charge in [-0.1, -0.05) is 6.07 Å². The molecule has 0 radical (unpaired) electrons. The van der Waals surface area contributed by atoms with Crippen LogP contribution in [0.3, 0.4) is 0 Å². The third-order valence-corrected chi connectivity index (χ3v) is 6.34. The first-order valence-corrected chi connectivity index (χ1v) is 12.8. The van der Waals surface area contributed by atoms with Gasteiger partial charge in [-0.05, 0) is 38.3 Å². The second-order valence-corrected chi connectivity index (χ2v) is 10.3. The van der Waals surface area contributed by atoms with Gasteiger partial charge in [-0.25, -0.2) is 13.4 Å². The van der Waals surface area contributed by atoms with Crippen molar-refractivity contribution in [3.63, 3.8) is 0 Å². The number of hydrogen-bond acceptors (Lipinski definition) is 5. The highest BCUT2D eigenvalue weighted by atomic mass is 32.2. The number of hydrogen-bond donors (Lipinski definition) is 2. The number of aliphatic imine (C=N–C) groups is 1. The zero-order chi connectivity index (χ0) is 21.6. The summed E-state index contributed by atoms with van der Waals surface area (Å²) < 4.78 is 24.8. The predicted molar refractivity (Wildman–Crippen MR) is 122 cm³/mol. The molecule has 9 heteroatoms. The number of likely N-dealkylation sites (tertiary alicyclic amines) is 1. The van der Waals surface area contributed by atoms with E-state index in [9.17, 15) is 8.42 Å². The van der Waals surface area contributed by atoms with Gasteiger partial charge in [0.25, 0.3) is 0 Å². The van der Waals surface area contributed by atoms with E-state index < -0.39 is 9.84 Å². The molecule has 1 saturated heterocycles. The van der Waals surface area contributed by atoms with Crippen LogP contribution >= 0.6 is 0 Å². The van der Waals surface area contributed by atoms with Crippen LogP contribution in [0.4, 0.5) is 0 Å². The van der Waals surface area contributed by atoms with Gasteiger partial charge in [-0.2, -0.15) is 0 Å². The fraction of sp³-hybridized carbons (Fsp3) is 0.619. The van der Waals surface area contributed by atoms with Gasteiger partial charge in [0.1, 0.15) is 15.5 Å². The molecule has 0 unspecified atom stereocenters. The minimum Gasteiger partial charge on any atom is -0.357 e. The van der Waals surface area contributed by atoms with Crippen molar-refractivity contribution in [2.45, 2.75) is 39.2 Å². The second kappa shape index (κ2) is 10.3. The molecule has 3 heterocycles. The first kappa shape index (κ1) is 22.6. The van der Waals surface area contributed by atoms with E-state index in [2.05, 4.69) is 46.0 Å². The van der Waals surface area contributed by atoms with E-state index in [0.29, 0.717) is 19.1 Å². The number of piperidine rings is 1. The summed E-state index contributed by atoms with van der Waals surface area (Å²) in [6, 6.07) is 4.46. The smallest absolute Gasteiger partial charge is 0.191 e. The van der Waals surface area contributed by atoms with Crippen molar-refractivity contribution < 1.29 is 8.42 Å². The lowest BCUT2D eigenvalue weighted by Gasteiger charge is -2.32. The summed E-state index contributed by atoms with van der Waals surface area (Å²) in [5, 5.41) is 6.87. The molecule has 0 bridgehead atoms. The van der Waals surface area contributed by atoms with E-state index >= 15 is 0 Å². The van der Waals surface area contributed by atoms with Crippen LogP contribution in [0.1, 0.15) is 31.0 Å². The highest BCUT2D eigenvalue weighted by Crippen LogP contribution is 2.11. The predicted octanol–water partition coefficient (Wildman–Crippen LogP) is 1.25. The molecule has 1 aliphatic heterocycles. The molecule has 0 amide bonds. The van der Waals surface area contributed by atoms with Gasteiger partial charge in [-0.3, -0.25) is 4.99 Å². The van der Waals surface area contributed by atoms with Gasteiger partial charge >= 0.3 is 0 Å². The Labute approximate surface area is 179 Å². The Morgan fingerprint density at radius 3 is 2.77 bits per heavy atom. The highest BCUT2D eigenvalue weighted by molar-refractivity contribution is 7.90. The standard InChI is InChI=1S/C21H34N6O2S/c1-4-22-21(25-18-8-12-26(13-9-18)14-15-30(3,28)29)23-10-7-19-16-27-11-5-6-17(2)20(27)24-19/h5-6,11,16,18H,4,7-10,12-15H2,1-3H3,(H2,22,23,25). The van der Waals surface area contributed by atoms with Crippen molar-refractivity contribution in [2.24, 2.45) is 4.99 Å². The van der Waals surface area contributed by atoms with Crippen LogP contribution in [0.2, 0.25) is 0 Å². The Balaban J connectivity index is 1.49. The lowest BCUT2D eigenvalue weighted by atomic mass is 10.1. The number of pyridine rings is 1. The van der Waals surface area contributed by atoms with Crippen LogP contribution in [0.25, 0.3) is 5.65 Å². The number of fused-ring (bicyclic) bond motifs is 1. The molecule has 0 aliphatic carbocycles. The van der Waals surface area contributed by atoms with Crippen LogP contribution < -0.4 is 10.6 Å². The number of guanidine groups is 1. The van der Waals surface area contributed by atoms with Crippen LogP contribution in [-0.2, 0) is 16.3 Å². The molecular weight excluding hydrogens is 400 g/mol. The van der Waals surface area contributed by atoms with Gasteiger partial charge in [0, 0.05) is 63.8 Å². The number of aryl methyl sites for hydroxylation is 1. The zero-order valence-corrected chi connectivity index (χ0v) is 19.1. The van der Waals surface area contributed by atoms with E-state index in [0.717, 1.165) is 56.2 Å². The molecule has 8 nitrogen and oxygen atoms in total. The van der Waals surface area contributed by atoms with Crippen molar-refractivity contribution in [1.82, 2.24) is 24.9 Å². The molecule has 2 N–H and O–H groups in total. The third kappa shape index (κ3) is 6.70. The molecule has 30 heavy (non-hydrogen) atoms. The number of nitrogens with one attached hydrogen (secondary N) is 2. The van der Waals surface area contributed by atoms with Gasteiger partial charge in [-0.15, -0.1) is 0 Å².